The van der Waals surface area contributed by atoms with Crippen molar-refractivity contribution in [3.8, 4) is 0 Å². The fourth-order valence-corrected chi connectivity index (χ4v) is 2.83. The van der Waals surface area contributed by atoms with Gasteiger partial charge in [0.1, 0.15) is 17.7 Å². The molecule has 0 fully saturated rings. The van der Waals surface area contributed by atoms with Crippen LogP contribution >= 0.6 is 0 Å². The Morgan fingerprint density at radius 1 is 1.12 bits per heavy atom. The van der Waals surface area contributed by atoms with Gasteiger partial charge in [0.05, 0.1) is 11.7 Å². The molecule has 1 aromatic carbocycles. The number of aryl methyl sites for hydroxylation is 1. The second kappa shape index (κ2) is 5.42. The van der Waals surface area contributed by atoms with E-state index in [9.17, 15) is 26.3 Å². The van der Waals surface area contributed by atoms with Crippen molar-refractivity contribution < 1.29 is 26.3 Å². The summed E-state index contributed by atoms with van der Waals surface area (Å²) in [7, 11) is 0. The zero-order valence-corrected chi connectivity index (χ0v) is 12.4. The first-order chi connectivity index (χ1) is 11.1. The van der Waals surface area contributed by atoms with Crippen molar-refractivity contribution in [2.75, 3.05) is 5.32 Å². The van der Waals surface area contributed by atoms with Crippen molar-refractivity contribution in [2.24, 2.45) is 0 Å². The Bertz CT molecular complexity index is 735. The molecule has 0 bridgehead atoms. The lowest BCUT2D eigenvalue weighted by molar-refractivity contribution is -0.301. The number of nitrogens with zero attached hydrogens (tertiary/aromatic N) is 2. The molecule has 130 valence electrons. The van der Waals surface area contributed by atoms with E-state index in [-0.39, 0.29) is 5.82 Å². The van der Waals surface area contributed by atoms with Crippen LogP contribution in [0.25, 0.3) is 0 Å². The summed E-state index contributed by atoms with van der Waals surface area (Å²) in [6.45, 7) is 1.50. The number of benzene rings is 1. The van der Waals surface area contributed by atoms with Gasteiger partial charge in [-0.05, 0) is 24.6 Å². The smallest absolute Gasteiger partial charge is 0.363 e. The number of alkyl halides is 5. The maximum Gasteiger partial charge on any atom is 0.455 e. The normalized spacial score (nSPS) is 21.3. The quantitative estimate of drug-likeness (QED) is 0.802. The third-order valence-corrected chi connectivity index (χ3v) is 4.00. The first kappa shape index (κ1) is 16.7. The lowest BCUT2D eigenvalue weighted by atomic mass is 9.93. The number of rotatable bonds is 2. The monoisotopic (exact) mass is 349 g/mol. The summed E-state index contributed by atoms with van der Waals surface area (Å²) >= 11 is 0. The van der Waals surface area contributed by atoms with Gasteiger partial charge >= 0.3 is 12.1 Å². The van der Waals surface area contributed by atoms with Crippen LogP contribution in [-0.2, 0) is 0 Å². The summed E-state index contributed by atoms with van der Waals surface area (Å²) in [5.74, 6) is -5.39. The highest BCUT2D eigenvalue weighted by molar-refractivity contribution is 5.43. The molecule has 1 aromatic heterocycles. The standard InChI is InChI=1S/C15H13F6N3/c1-8-6-13-22-11(9-2-4-10(16)5-3-9)7-12(24(13)23-8)14(17,18)15(19,20)21/h2-6,11-12,22H,7H2,1H3. The summed E-state index contributed by atoms with van der Waals surface area (Å²) in [5.41, 5.74) is 0.740. The molecule has 0 aliphatic carbocycles. The van der Waals surface area contributed by atoms with Crippen molar-refractivity contribution in [3.05, 3.63) is 47.4 Å². The zero-order valence-electron chi connectivity index (χ0n) is 12.4. The van der Waals surface area contributed by atoms with E-state index in [1.165, 1.54) is 25.1 Å². The first-order valence-electron chi connectivity index (χ1n) is 7.12. The van der Waals surface area contributed by atoms with Gasteiger partial charge in [-0.3, -0.25) is 0 Å². The maximum atomic E-state index is 14.0. The Morgan fingerprint density at radius 2 is 1.75 bits per heavy atom. The number of anilines is 1. The zero-order chi connectivity index (χ0) is 17.7. The molecule has 1 aliphatic heterocycles. The van der Waals surface area contributed by atoms with Gasteiger partial charge in [-0.25, -0.2) is 9.07 Å². The molecule has 0 radical (unpaired) electrons. The molecule has 3 rings (SSSR count). The van der Waals surface area contributed by atoms with Gasteiger partial charge in [0.15, 0.2) is 0 Å². The Labute approximate surface area is 133 Å². The van der Waals surface area contributed by atoms with E-state index in [1.807, 2.05) is 0 Å². The molecule has 24 heavy (non-hydrogen) atoms. The van der Waals surface area contributed by atoms with E-state index < -0.39 is 36.4 Å². The predicted octanol–water partition coefficient (Wildman–Crippen LogP) is 4.63. The van der Waals surface area contributed by atoms with E-state index in [0.717, 1.165) is 12.1 Å². The molecule has 3 nitrogen and oxygen atoms in total. The second-order valence-electron chi connectivity index (χ2n) is 5.74. The number of fused-ring (bicyclic) bond motifs is 1. The molecule has 9 heteroatoms. The fourth-order valence-electron chi connectivity index (χ4n) is 2.83. The van der Waals surface area contributed by atoms with Gasteiger partial charge in [-0.2, -0.15) is 27.1 Å². The number of halogens is 6. The van der Waals surface area contributed by atoms with Gasteiger partial charge < -0.3 is 5.32 Å². The van der Waals surface area contributed by atoms with E-state index >= 15 is 0 Å². The van der Waals surface area contributed by atoms with E-state index in [2.05, 4.69) is 10.4 Å². The predicted molar refractivity (Wildman–Crippen MR) is 74.4 cm³/mol. The number of hydrogen-bond donors (Lipinski definition) is 1. The van der Waals surface area contributed by atoms with Gasteiger partial charge in [0, 0.05) is 12.5 Å². The van der Waals surface area contributed by atoms with Crippen molar-refractivity contribution in [3.63, 3.8) is 0 Å². The molecule has 1 N–H and O–H groups in total. The molecule has 1 aliphatic rings. The molecule has 0 saturated heterocycles. The van der Waals surface area contributed by atoms with E-state index in [0.29, 0.717) is 15.9 Å². The highest BCUT2D eigenvalue weighted by atomic mass is 19.4. The average molecular weight is 349 g/mol. The molecule has 2 unspecified atom stereocenters. The highest BCUT2D eigenvalue weighted by Gasteiger charge is 2.64. The lowest BCUT2D eigenvalue weighted by Crippen LogP contribution is -2.47. The number of nitrogens with one attached hydrogen (secondary N) is 1. The summed E-state index contributed by atoms with van der Waals surface area (Å²) in [5, 5.41) is 6.65. The van der Waals surface area contributed by atoms with E-state index in [4.69, 9.17) is 0 Å². The Hall–Kier alpha value is -2.19. The third kappa shape index (κ3) is 2.71. The highest BCUT2D eigenvalue weighted by Crippen LogP contribution is 2.49. The minimum Gasteiger partial charge on any atom is -0.363 e. The Balaban J connectivity index is 2.03. The summed E-state index contributed by atoms with van der Waals surface area (Å²) < 4.78 is 80.2. The molecule has 2 heterocycles. The second-order valence-corrected chi connectivity index (χ2v) is 5.74. The number of hydrogen-bond acceptors (Lipinski definition) is 2. The summed E-state index contributed by atoms with van der Waals surface area (Å²) in [4.78, 5) is 0. The fraction of sp³-hybridized carbons (Fsp3) is 0.400. The van der Waals surface area contributed by atoms with Crippen LogP contribution in [0.2, 0.25) is 0 Å². The van der Waals surface area contributed by atoms with Crippen LogP contribution < -0.4 is 5.32 Å². The molecule has 0 amide bonds. The minimum atomic E-state index is -5.69. The van der Waals surface area contributed by atoms with Crippen LogP contribution in [0.15, 0.2) is 30.3 Å². The summed E-state index contributed by atoms with van der Waals surface area (Å²) in [6.07, 6.45) is -6.23. The molecule has 0 saturated carbocycles. The SMILES string of the molecule is Cc1cc2n(n1)C(C(F)(F)C(F)(F)F)CC(c1ccc(F)cc1)N2. The van der Waals surface area contributed by atoms with E-state index in [1.54, 1.807) is 0 Å². The van der Waals surface area contributed by atoms with Crippen LogP contribution in [-0.4, -0.2) is 21.9 Å². The van der Waals surface area contributed by atoms with Crippen molar-refractivity contribution in [1.82, 2.24) is 9.78 Å². The van der Waals surface area contributed by atoms with Gasteiger partial charge in [-0.15, -0.1) is 0 Å². The van der Waals surface area contributed by atoms with Crippen molar-refractivity contribution in [1.29, 1.82) is 0 Å². The van der Waals surface area contributed by atoms with Gasteiger partial charge in [0.25, 0.3) is 0 Å². The molecular formula is C15H13F6N3. The van der Waals surface area contributed by atoms with Crippen molar-refractivity contribution >= 4 is 5.82 Å². The van der Waals surface area contributed by atoms with Gasteiger partial charge in [-0.1, -0.05) is 12.1 Å². The van der Waals surface area contributed by atoms with Crippen LogP contribution in [0, 0.1) is 12.7 Å². The van der Waals surface area contributed by atoms with Crippen LogP contribution in [0.1, 0.15) is 29.8 Å². The van der Waals surface area contributed by atoms with Crippen LogP contribution in [0.3, 0.4) is 0 Å². The Kier molecular flexibility index (Phi) is 3.76. The largest absolute Gasteiger partial charge is 0.455 e. The molecule has 2 aromatic rings. The minimum absolute atomic E-state index is 0.0713. The maximum absolute atomic E-state index is 14.0. The molecule has 2 atom stereocenters. The van der Waals surface area contributed by atoms with Gasteiger partial charge in [0.2, 0.25) is 0 Å². The number of aromatic nitrogens is 2. The summed E-state index contributed by atoms with van der Waals surface area (Å²) in [6, 6.07) is 3.37. The lowest BCUT2D eigenvalue weighted by Gasteiger charge is -2.37. The van der Waals surface area contributed by atoms with Crippen molar-refractivity contribution in [2.45, 2.75) is 37.5 Å². The van der Waals surface area contributed by atoms with Crippen LogP contribution in [0.5, 0.6) is 0 Å². The molecular weight excluding hydrogens is 336 g/mol. The first-order valence-corrected chi connectivity index (χ1v) is 7.12. The van der Waals surface area contributed by atoms with Crippen LogP contribution in [0.4, 0.5) is 32.2 Å². The average Bonchev–Trinajstić information content (AvgIpc) is 2.85. The Morgan fingerprint density at radius 3 is 2.33 bits per heavy atom. The molecule has 0 spiro atoms. The topological polar surface area (TPSA) is 29.9 Å². The third-order valence-electron chi connectivity index (χ3n) is 4.00.